The number of allylic oxidation sites excluding steroid dienone is 1. The number of aliphatic carboxylic acids is 2. The normalized spacial score (nSPS) is 37.4. The summed E-state index contributed by atoms with van der Waals surface area (Å²) >= 11 is 0. The van der Waals surface area contributed by atoms with E-state index in [1.165, 1.54) is 12.0 Å². The molecule has 0 aromatic rings. The van der Waals surface area contributed by atoms with Gasteiger partial charge in [0.2, 0.25) is 0 Å². The Kier molecular flexibility index (Phi) is 9.27. The number of nitrogens with two attached hydrogens (primary N) is 1. The number of carboxylic acid groups (broad SMARTS) is 2. The molecule has 0 aromatic heterocycles. The number of hydrogen-bond donors (Lipinski definition) is 1. The number of carboxylic acids is 2. The van der Waals surface area contributed by atoms with Crippen molar-refractivity contribution in [2.24, 2.45) is 34.0 Å². The van der Waals surface area contributed by atoms with E-state index in [0.29, 0.717) is 36.4 Å². The maximum atomic E-state index is 11.9. The summed E-state index contributed by atoms with van der Waals surface area (Å²) in [6, 6.07) is 0. The van der Waals surface area contributed by atoms with Crippen LogP contribution in [-0.4, -0.2) is 29.9 Å². The van der Waals surface area contributed by atoms with Crippen molar-refractivity contribution in [3.05, 3.63) is 17.8 Å². The minimum Gasteiger partial charge on any atom is -0.693 e. The average molecular weight is 684 g/mol. The van der Waals surface area contributed by atoms with Gasteiger partial charge in [-0.2, -0.15) is 0 Å². The van der Waals surface area contributed by atoms with Gasteiger partial charge >= 0.3 is 21.1 Å². The summed E-state index contributed by atoms with van der Waals surface area (Å²) in [5, 5.41) is 38.8. The first-order valence-corrected chi connectivity index (χ1v) is 12.5. The number of nitrogens with one attached hydrogen (secondary N) is 1. The van der Waals surface area contributed by atoms with Crippen molar-refractivity contribution in [1.29, 1.82) is 5.41 Å². The Hall–Kier alpha value is -1.73. The molecule has 0 bridgehead atoms. The van der Waals surface area contributed by atoms with E-state index in [-0.39, 0.29) is 57.0 Å². The third-order valence-electron chi connectivity index (χ3n) is 10.1. The Labute approximate surface area is 226 Å². The Balaban J connectivity index is 0.000000325. The van der Waals surface area contributed by atoms with E-state index in [1.54, 1.807) is 0 Å². The number of fused-ring (bicyclic) bond motifs is 5. The van der Waals surface area contributed by atoms with Gasteiger partial charge in [0, 0.05) is 17.9 Å². The number of ketones is 1. The molecule has 4 saturated carbocycles. The smallest absolute Gasteiger partial charge is 0.693 e. The first-order chi connectivity index (χ1) is 15.9. The molecule has 6 unspecified atom stereocenters. The third-order valence-corrected chi connectivity index (χ3v) is 10.1. The summed E-state index contributed by atoms with van der Waals surface area (Å²) in [5.74, 6) is -0.790. The molecule has 9 nitrogen and oxygen atoms in total. The maximum absolute atomic E-state index is 11.9. The molecule has 5 aliphatic rings. The zero-order chi connectivity index (χ0) is 24.9. The number of carbonyl (C=O) groups excluding carboxylic acids is 3. The van der Waals surface area contributed by atoms with E-state index in [2.05, 4.69) is 13.8 Å². The van der Waals surface area contributed by atoms with Crippen LogP contribution in [0, 0.1) is 39.4 Å². The molecule has 0 amide bonds. The first kappa shape index (κ1) is 30.5. The number of ether oxygens (including phenoxy) is 1. The van der Waals surface area contributed by atoms with Crippen molar-refractivity contribution in [3.8, 4) is 0 Å². The van der Waals surface area contributed by atoms with Crippen LogP contribution >= 0.6 is 0 Å². The molecule has 6 atom stereocenters. The summed E-state index contributed by atoms with van der Waals surface area (Å²) < 4.78 is 5.38. The van der Waals surface area contributed by atoms with Gasteiger partial charge in [0.1, 0.15) is 6.08 Å². The zero-order valence-corrected chi connectivity index (χ0v) is 23.2. The summed E-state index contributed by atoms with van der Waals surface area (Å²) in [4.78, 5) is 32.3. The van der Waals surface area contributed by atoms with Crippen LogP contribution in [0.5, 0.6) is 0 Å². The molecule has 0 aromatic carbocycles. The predicted octanol–water partition coefficient (Wildman–Crippen LogP) is 1.57. The standard InChI is InChI=1S/C20H29NO3.C6H8O4.H2N.Pt/c1-19-9-7-13(22)11-12(19)3-4-14-15-5-6-17(24-18(21)23)20(15,2)10-8-16(14)19;7-4(8)6(5(9)10)2-1-3-6;;/h11,14-17H,3-10H2,1-2H3,(H2,21,23);1-3H2,(H,7,8)(H,9,10);1H2;/q;;-1;+4/p-3. The summed E-state index contributed by atoms with van der Waals surface area (Å²) in [7, 11) is 0. The fraction of sp³-hybridized carbons (Fsp3) is 0.769. The fourth-order valence-electron chi connectivity index (χ4n) is 7.86. The van der Waals surface area contributed by atoms with Gasteiger partial charge in [-0.15, -0.1) is 0 Å². The van der Waals surface area contributed by atoms with Gasteiger partial charge in [-0.3, -0.25) is 10.2 Å². The van der Waals surface area contributed by atoms with Gasteiger partial charge in [0.05, 0.1) is 11.9 Å². The van der Waals surface area contributed by atoms with Gasteiger partial charge in [-0.25, -0.2) is 0 Å². The van der Waals surface area contributed by atoms with Crippen LogP contribution in [0.4, 0.5) is 0 Å². The van der Waals surface area contributed by atoms with Crippen LogP contribution in [0.3, 0.4) is 0 Å². The molecule has 10 heteroatoms. The Morgan fingerprint density at radius 2 is 1.58 bits per heavy atom. The second-order valence-electron chi connectivity index (χ2n) is 11.5. The van der Waals surface area contributed by atoms with Gasteiger partial charge in [-0.05, 0) is 92.4 Å². The molecular formula is C26H36N2O7Pt. The predicted molar refractivity (Wildman–Crippen MR) is 121 cm³/mol. The molecule has 0 heterocycles. The second kappa shape index (κ2) is 10.9. The summed E-state index contributed by atoms with van der Waals surface area (Å²) in [6.07, 6.45) is 10.1. The third kappa shape index (κ3) is 4.90. The van der Waals surface area contributed by atoms with E-state index in [4.69, 9.17) is 10.1 Å². The Bertz CT molecular complexity index is 917. The molecule has 0 saturated heterocycles. The van der Waals surface area contributed by atoms with Crippen LogP contribution in [0.2, 0.25) is 0 Å². The first-order valence-electron chi connectivity index (χ1n) is 12.5. The van der Waals surface area contributed by atoms with Gasteiger partial charge < -0.3 is 35.8 Å². The van der Waals surface area contributed by atoms with E-state index in [9.17, 15) is 29.7 Å². The minimum atomic E-state index is -1.67. The van der Waals surface area contributed by atoms with Crippen molar-refractivity contribution in [3.63, 3.8) is 0 Å². The molecule has 4 fully saturated rings. The molecule has 0 aliphatic heterocycles. The molecule has 0 spiro atoms. The van der Waals surface area contributed by atoms with Crippen LogP contribution in [-0.2, 0) is 40.2 Å². The van der Waals surface area contributed by atoms with Gasteiger partial charge in [0.15, 0.2) is 5.78 Å². The van der Waals surface area contributed by atoms with E-state index >= 15 is 0 Å². The fourth-order valence-corrected chi connectivity index (χ4v) is 7.86. The molecule has 36 heavy (non-hydrogen) atoms. The molecule has 5 rings (SSSR count). The number of rotatable bonds is 3. The van der Waals surface area contributed by atoms with Crippen molar-refractivity contribution in [1.82, 2.24) is 0 Å². The number of carbonyl (C=O) groups is 3. The molecule has 202 valence electrons. The largest absolute Gasteiger partial charge is 4.00 e. The van der Waals surface area contributed by atoms with Gasteiger partial charge in [0.25, 0.3) is 0 Å². The Morgan fingerprint density at radius 1 is 0.944 bits per heavy atom. The van der Waals surface area contributed by atoms with Crippen LogP contribution in [0.1, 0.15) is 84.5 Å². The van der Waals surface area contributed by atoms with Crippen molar-refractivity contribution in [2.75, 3.05) is 0 Å². The second-order valence-corrected chi connectivity index (χ2v) is 11.5. The van der Waals surface area contributed by atoms with Gasteiger partial charge in [-0.1, -0.05) is 25.8 Å². The Morgan fingerprint density at radius 3 is 2.08 bits per heavy atom. The molecule has 0 radical (unpaired) electrons. The number of hydrogen-bond acceptors (Lipinski definition) is 8. The van der Waals surface area contributed by atoms with Crippen LogP contribution in [0.15, 0.2) is 11.6 Å². The minimum absolute atomic E-state index is 0. The maximum Gasteiger partial charge on any atom is 4.00 e. The van der Waals surface area contributed by atoms with Crippen LogP contribution in [0.25, 0.3) is 6.15 Å². The van der Waals surface area contributed by atoms with Crippen molar-refractivity contribution in [2.45, 2.75) is 90.6 Å². The quantitative estimate of drug-likeness (QED) is 0.266. The summed E-state index contributed by atoms with van der Waals surface area (Å²) in [6.45, 7) is 4.67. The molecule has 5 aliphatic carbocycles. The monoisotopic (exact) mass is 683 g/mol. The van der Waals surface area contributed by atoms with Crippen molar-refractivity contribution >= 4 is 23.8 Å². The average Bonchev–Trinajstić information content (AvgIpc) is 3.03. The zero-order valence-electron chi connectivity index (χ0n) is 20.9. The van der Waals surface area contributed by atoms with Crippen molar-refractivity contribution < 1.29 is 55.5 Å². The summed E-state index contributed by atoms with van der Waals surface area (Å²) in [5.41, 5.74) is -0.0295. The molecular weight excluding hydrogens is 647 g/mol. The SMILES string of the molecule is CC12CCC(=O)C=C1CCC1C2CCC2(C)C(OC(=N)[O-])CCC12.O=C([O-])C1(C(=O)[O-])CCC1.[NH2-].[Pt+4]. The van der Waals surface area contributed by atoms with E-state index in [0.717, 1.165) is 38.5 Å². The van der Waals surface area contributed by atoms with E-state index in [1.807, 2.05) is 6.08 Å². The topological polar surface area (TPSA) is 187 Å². The molecule has 3 N–H and O–H groups in total. The van der Waals surface area contributed by atoms with Crippen LogP contribution < -0.4 is 15.3 Å². The van der Waals surface area contributed by atoms with E-state index < -0.39 is 23.4 Å².